The van der Waals surface area contributed by atoms with Crippen molar-refractivity contribution in [2.75, 3.05) is 0 Å². The molecule has 0 aromatic heterocycles. The molecule has 1 aliphatic heterocycles. The molecule has 0 unspecified atom stereocenters. The number of hydrogen-bond donors (Lipinski definition) is 1. The van der Waals surface area contributed by atoms with E-state index in [1.807, 2.05) is 12.1 Å². The summed E-state index contributed by atoms with van der Waals surface area (Å²) in [6.07, 6.45) is 0. The average Bonchev–Trinajstić information content (AvgIpc) is 2.47. The quantitative estimate of drug-likeness (QED) is 0.744. The third kappa shape index (κ3) is 2.17. The van der Waals surface area contributed by atoms with Crippen molar-refractivity contribution in [3.05, 3.63) is 65.2 Å². The maximum atomic E-state index is 5.89. The fraction of sp³-hybridized carbons (Fsp3) is 0.200. The molecule has 0 spiro atoms. The SMILES string of the molecule is c1ccc2c(c1)CNCc1ccccc1OC2. The molecular formula is C15H15NO. The molecule has 1 N–H and O–H groups in total. The molecule has 3 rings (SSSR count). The number of para-hydroxylation sites is 1. The van der Waals surface area contributed by atoms with Gasteiger partial charge in [-0.15, -0.1) is 0 Å². The molecule has 0 saturated heterocycles. The Morgan fingerprint density at radius 2 is 1.41 bits per heavy atom. The molecule has 1 aliphatic rings. The van der Waals surface area contributed by atoms with E-state index in [9.17, 15) is 0 Å². The second kappa shape index (κ2) is 4.60. The molecule has 2 aromatic rings. The topological polar surface area (TPSA) is 21.3 Å². The lowest BCUT2D eigenvalue weighted by atomic mass is 10.1. The Morgan fingerprint density at radius 3 is 2.29 bits per heavy atom. The Bertz CT molecular complexity index is 474. The second-order valence-corrected chi connectivity index (χ2v) is 4.27. The van der Waals surface area contributed by atoms with Gasteiger partial charge in [0.05, 0.1) is 0 Å². The van der Waals surface area contributed by atoms with Gasteiger partial charge in [0.15, 0.2) is 0 Å². The van der Waals surface area contributed by atoms with Crippen molar-refractivity contribution in [2.24, 2.45) is 0 Å². The summed E-state index contributed by atoms with van der Waals surface area (Å²) in [4.78, 5) is 0. The molecular weight excluding hydrogens is 210 g/mol. The smallest absolute Gasteiger partial charge is 0.124 e. The molecule has 17 heavy (non-hydrogen) atoms. The normalized spacial score (nSPS) is 14.6. The Morgan fingerprint density at radius 1 is 0.765 bits per heavy atom. The van der Waals surface area contributed by atoms with E-state index < -0.39 is 0 Å². The van der Waals surface area contributed by atoms with Crippen molar-refractivity contribution >= 4 is 0 Å². The van der Waals surface area contributed by atoms with Crippen molar-refractivity contribution in [1.29, 1.82) is 0 Å². The molecule has 2 heteroatoms. The van der Waals surface area contributed by atoms with E-state index in [-0.39, 0.29) is 0 Å². The number of ether oxygens (including phenoxy) is 1. The van der Waals surface area contributed by atoms with Crippen molar-refractivity contribution in [3.8, 4) is 5.75 Å². The van der Waals surface area contributed by atoms with Gasteiger partial charge >= 0.3 is 0 Å². The van der Waals surface area contributed by atoms with Crippen LogP contribution in [0.3, 0.4) is 0 Å². The Balaban J connectivity index is 1.94. The van der Waals surface area contributed by atoms with Gasteiger partial charge in [-0.3, -0.25) is 0 Å². The molecule has 0 radical (unpaired) electrons. The van der Waals surface area contributed by atoms with Crippen LogP contribution in [0, 0.1) is 0 Å². The largest absolute Gasteiger partial charge is 0.489 e. The molecule has 0 aliphatic carbocycles. The summed E-state index contributed by atoms with van der Waals surface area (Å²) in [7, 11) is 0. The van der Waals surface area contributed by atoms with Crippen LogP contribution in [0.25, 0.3) is 0 Å². The lowest BCUT2D eigenvalue weighted by Crippen LogP contribution is -2.12. The highest BCUT2D eigenvalue weighted by Gasteiger charge is 2.08. The van der Waals surface area contributed by atoms with Crippen molar-refractivity contribution in [2.45, 2.75) is 19.7 Å². The van der Waals surface area contributed by atoms with Crippen molar-refractivity contribution in [1.82, 2.24) is 5.32 Å². The predicted molar refractivity (Wildman–Crippen MR) is 67.8 cm³/mol. The van der Waals surface area contributed by atoms with Crippen LogP contribution >= 0.6 is 0 Å². The van der Waals surface area contributed by atoms with Gasteiger partial charge in [0.25, 0.3) is 0 Å². The first-order chi connectivity index (χ1) is 8.43. The highest BCUT2D eigenvalue weighted by Crippen LogP contribution is 2.22. The van der Waals surface area contributed by atoms with Gasteiger partial charge in [0, 0.05) is 18.7 Å². The van der Waals surface area contributed by atoms with Gasteiger partial charge in [0.1, 0.15) is 12.4 Å². The van der Waals surface area contributed by atoms with E-state index in [1.165, 1.54) is 16.7 Å². The summed E-state index contributed by atoms with van der Waals surface area (Å²) in [5.74, 6) is 0.983. The maximum Gasteiger partial charge on any atom is 0.124 e. The number of hydrogen-bond acceptors (Lipinski definition) is 2. The van der Waals surface area contributed by atoms with Gasteiger partial charge in [-0.2, -0.15) is 0 Å². The summed E-state index contributed by atoms with van der Waals surface area (Å²) in [5.41, 5.74) is 3.80. The fourth-order valence-corrected chi connectivity index (χ4v) is 2.15. The lowest BCUT2D eigenvalue weighted by molar-refractivity contribution is 0.303. The van der Waals surface area contributed by atoms with Gasteiger partial charge in [0.2, 0.25) is 0 Å². The van der Waals surface area contributed by atoms with Crippen LogP contribution in [0.4, 0.5) is 0 Å². The zero-order valence-electron chi connectivity index (χ0n) is 9.65. The highest BCUT2D eigenvalue weighted by atomic mass is 16.5. The van der Waals surface area contributed by atoms with Gasteiger partial charge in [-0.05, 0) is 17.2 Å². The van der Waals surface area contributed by atoms with Crippen molar-refractivity contribution < 1.29 is 4.74 Å². The van der Waals surface area contributed by atoms with Crippen LogP contribution in [0.2, 0.25) is 0 Å². The minimum Gasteiger partial charge on any atom is -0.489 e. The molecule has 0 amide bonds. The molecule has 1 heterocycles. The average molecular weight is 225 g/mol. The van der Waals surface area contributed by atoms with E-state index in [4.69, 9.17) is 4.74 Å². The van der Waals surface area contributed by atoms with Gasteiger partial charge < -0.3 is 10.1 Å². The number of nitrogens with one attached hydrogen (secondary N) is 1. The molecule has 0 atom stereocenters. The molecule has 0 saturated carbocycles. The summed E-state index contributed by atoms with van der Waals surface area (Å²) in [6, 6.07) is 16.6. The summed E-state index contributed by atoms with van der Waals surface area (Å²) < 4.78 is 5.89. The van der Waals surface area contributed by atoms with Crippen LogP contribution in [-0.4, -0.2) is 0 Å². The van der Waals surface area contributed by atoms with Crippen molar-refractivity contribution in [3.63, 3.8) is 0 Å². The molecule has 86 valence electrons. The zero-order valence-corrected chi connectivity index (χ0v) is 9.65. The summed E-state index contributed by atoms with van der Waals surface area (Å²) >= 11 is 0. The first-order valence-corrected chi connectivity index (χ1v) is 5.92. The summed E-state index contributed by atoms with van der Waals surface area (Å²) in [5, 5.41) is 3.46. The molecule has 2 aromatic carbocycles. The Kier molecular flexibility index (Phi) is 2.80. The number of fused-ring (bicyclic) bond motifs is 2. The second-order valence-electron chi connectivity index (χ2n) is 4.27. The standard InChI is InChI=1S/C15H15NO/c1-2-7-14-11-17-15-8-4-3-6-13(15)10-16-9-12(14)5-1/h1-8,16H,9-11H2. The van der Waals surface area contributed by atoms with E-state index in [0.29, 0.717) is 6.61 Å². The molecule has 2 nitrogen and oxygen atoms in total. The monoisotopic (exact) mass is 225 g/mol. The van der Waals surface area contributed by atoms with Gasteiger partial charge in [-0.25, -0.2) is 0 Å². The maximum absolute atomic E-state index is 5.89. The number of rotatable bonds is 0. The molecule has 0 fully saturated rings. The summed E-state index contributed by atoms with van der Waals surface area (Å²) in [6.45, 7) is 2.40. The first-order valence-electron chi connectivity index (χ1n) is 5.92. The fourth-order valence-electron chi connectivity index (χ4n) is 2.15. The van der Waals surface area contributed by atoms with Crippen LogP contribution < -0.4 is 10.1 Å². The predicted octanol–water partition coefficient (Wildman–Crippen LogP) is 2.87. The van der Waals surface area contributed by atoms with E-state index >= 15 is 0 Å². The Hall–Kier alpha value is -1.80. The number of benzene rings is 2. The Labute approximate surface area is 101 Å². The van der Waals surface area contributed by atoms with Gasteiger partial charge in [-0.1, -0.05) is 42.5 Å². The first kappa shape index (κ1) is 10.4. The van der Waals surface area contributed by atoms with Crippen LogP contribution in [0.5, 0.6) is 5.75 Å². The lowest BCUT2D eigenvalue weighted by Gasteiger charge is -2.09. The third-order valence-electron chi connectivity index (χ3n) is 3.11. The van der Waals surface area contributed by atoms with Crippen LogP contribution in [-0.2, 0) is 19.7 Å². The minimum atomic E-state index is 0.648. The van der Waals surface area contributed by atoms with Crippen LogP contribution in [0.1, 0.15) is 16.7 Å². The molecule has 0 bridgehead atoms. The minimum absolute atomic E-state index is 0.648. The zero-order chi connectivity index (χ0) is 11.5. The van der Waals surface area contributed by atoms with E-state index in [2.05, 4.69) is 41.7 Å². The highest BCUT2D eigenvalue weighted by molar-refractivity contribution is 5.35. The van der Waals surface area contributed by atoms with Crippen LogP contribution in [0.15, 0.2) is 48.5 Å². The van der Waals surface area contributed by atoms with E-state index in [0.717, 1.165) is 18.8 Å². The third-order valence-corrected chi connectivity index (χ3v) is 3.11. The van der Waals surface area contributed by atoms with E-state index in [1.54, 1.807) is 0 Å².